The first-order chi connectivity index (χ1) is 15.1. The Bertz CT molecular complexity index is 1070. The molecule has 1 aliphatic rings. The summed E-state index contributed by atoms with van der Waals surface area (Å²) >= 11 is 3.42. The van der Waals surface area contributed by atoms with Crippen LogP contribution in [0.2, 0.25) is 0 Å². The molecule has 1 amide bonds. The molecular weight excluding hydrogens is 463 g/mol. The van der Waals surface area contributed by atoms with Gasteiger partial charge in [-0.15, -0.1) is 10.2 Å². The molecule has 0 aliphatic carbocycles. The highest BCUT2D eigenvalue weighted by molar-refractivity contribution is 9.10. The smallest absolute Gasteiger partial charge is 0.224 e. The number of amides is 1. The van der Waals surface area contributed by atoms with E-state index < -0.39 is 5.82 Å². The van der Waals surface area contributed by atoms with Crippen molar-refractivity contribution in [1.29, 1.82) is 0 Å². The Morgan fingerprint density at radius 3 is 2.90 bits per heavy atom. The largest absolute Gasteiger partial charge is 0.492 e. The van der Waals surface area contributed by atoms with Gasteiger partial charge in [0.2, 0.25) is 5.91 Å². The molecule has 4 rings (SSSR count). The number of aromatic nitrogens is 3. The monoisotopic (exact) mass is 486 g/mol. The fourth-order valence-corrected chi connectivity index (χ4v) is 4.05. The minimum atomic E-state index is -0.475. The van der Waals surface area contributed by atoms with E-state index in [1.165, 1.54) is 12.5 Å². The molecule has 162 valence electrons. The minimum absolute atomic E-state index is 0.153. The van der Waals surface area contributed by atoms with Crippen molar-refractivity contribution in [2.45, 2.75) is 45.1 Å². The topological polar surface area (TPSA) is 69.0 Å². The summed E-state index contributed by atoms with van der Waals surface area (Å²) in [5.41, 5.74) is 0.898. The number of ether oxygens (including phenoxy) is 1. The average molecular weight is 487 g/mol. The second-order valence-electron chi connectivity index (χ2n) is 7.53. The average Bonchev–Trinajstić information content (AvgIpc) is 3.02. The van der Waals surface area contributed by atoms with Gasteiger partial charge in [-0.1, -0.05) is 18.6 Å². The highest BCUT2D eigenvalue weighted by atomic mass is 79.9. The molecule has 31 heavy (non-hydrogen) atoms. The molecule has 0 unspecified atom stereocenters. The minimum Gasteiger partial charge on any atom is -0.492 e. The summed E-state index contributed by atoms with van der Waals surface area (Å²) in [7, 11) is 0. The number of rotatable bonds is 7. The molecule has 0 radical (unpaired) electrons. The van der Waals surface area contributed by atoms with Crippen molar-refractivity contribution >= 4 is 27.5 Å². The van der Waals surface area contributed by atoms with E-state index in [2.05, 4.69) is 36.0 Å². The molecule has 0 bridgehead atoms. The molecule has 0 saturated carbocycles. The van der Waals surface area contributed by atoms with Gasteiger partial charge in [0, 0.05) is 24.9 Å². The predicted molar refractivity (Wildman–Crippen MR) is 120 cm³/mol. The van der Waals surface area contributed by atoms with Crippen molar-refractivity contribution in [3.05, 3.63) is 58.6 Å². The lowest BCUT2D eigenvalue weighted by Gasteiger charge is -2.11. The van der Waals surface area contributed by atoms with Crippen LogP contribution >= 0.6 is 15.9 Å². The zero-order valence-electron chi connectivity index (χ0n) is 17.1. The third-order valence-electron chi connectivity index (χ3n) is 5.25. The first-order valence-corrected chi connectivity index (χ1v) is 11.3. The maximum absolute atomic E-state index is 14.3. The second kappa shape index (κ2) is 10.0. The van der Waals surface area contributed by atoms with Crippen molar-refractivity contribution in [1.82, 2.24) is 14.8 Å². The van der Waals surface area contributed by atoms with E-state index in [0.717, 1.165) is 47.4 Å². The zero-order valence-corrected chi connectivity index (χ0v) is 18.7. The molecule has 2 heterocycles. The molecule has 0 fully saturated rings. The van der Waals surface area contributed by atoms with E-state index >= 15 is 0 Å². The molecule has 0 atom stereocenters. The number of halogens is 2. The lowest BCUT2D eigenvalue weighted by molar-refractivity contribution is -0.116. The van der Waals surface area contributed by atoms with Crippen molar-refractivity contribution in [3.8, 4) is 17.1 Å². The van der Waals surface area contributed by atoms with Crippen LogP contribution in [0.5, 0.6) is 5.75 Å². The van der Waals surface area contributed by atoms with Crippen molar-refractivity contribution < 1.29 is 13.9 Å². The van der Waals surface area contributed by atoms with E-state index in [9.17, 15) is 9.18 Å². The van der Waals surface area contributed by atoms with Crippen molar-refractivity contribution in [2.24, 2.45) is 0 Å². The fraction of sp³-hybridized carbons (Fsp3) is 0.348. The Balaban J connectivity index is 1.37. The van der Waals surface area contributed by atoms with Gasteiger partial charge in [-0.2, -0.15) is 0 Å². The molecule has 1 N–H and O–H groups in total. The number of para-hydroxylation sites is 1. The first-order valence-electron chi connectivity index (χ1n) is 10.5. The van der Waals surface area contributed by atoms with E-state index in [1.807, 2.05) is 24.3 Å². The summed E-state index contributed by atoms with van der Waals surface area (Å²) < 4.78 is 23.0. The Labute approximate surface area is 189 Å². The molecule has 6 nitrogen and oxygen atoms in total. The van der Waals surface area contributed by atoms with E-state index in [0.29, 0.717) is 18.9 Å². The number of aryl methyl sites for hydroxylation is 1. The van der Waals surface area contributed by atoms with Gasteiger partial charge in [-0.25, -0.2) is 4.39 Å². The number of carbonyl (C=O) groups is 1. The third-order valence-corrected chi connectivity index (χ3v) is 5.91. The van der Waals surface area contributed by atoms with Gasteiger partial charge in [0.15, 0.2) is 5.82 Å². The summed E-state index contributed by atoms with van der Waals surface area (Å²) in [6.07, 6.45) is 5.00. The lowest BCUT2D eigenvalue weighted by atomic mass is 10.1. The first kappa shape index (κ1) is 21.5. The summed E-state index contributed by atoms with van der Waals surface area (Å²) in [6.45, 7) is 1.25. The summed E-state index contributed by atoms with van der Waals surface area (Å²) in [5.74, 6) is 1.68. The van der Waals surface area contributed by atoms with Gasteiger partial charge in [0.1, 0.15) is 17.4 Å². The summed E-state index contributed by atoms with van der Waals surface area (Å²) in [6, 6.07) is 12.2. The maximum Gasteiger partial charge on any atom is 0.224 e. The normalized spacial score (nSPS) is 13.4. The molecule has 0 saturated heterocycles. The number of benzene rings is 2. The molecule has 8 heteroatoms. The van der Waals surface area contributed by atoms with Gasteiger partial charge in [-0.05, 0) is 65.5 Å². The Kier molecular flexibility index (Phi) is 6.96. The number of nitrogens with zero attached hydrogens (tertiary/aromatic N) is 3. The Morgan fingerprint density at radius 2 is 2.03 bits per heavy atom. The van der Waals surface area contributed by atoms with Crippen LogP contribution in [0.4, 0.5) is 10.1 Å². The van der Waals surface area contributed by atoms with Crippen LogP contribution in [0.25, 0.3) is 11.4 Å². The van der Waals surface area contributed by atoms with Gasteiger partial charge < -0.3 is 14.6 Å². The summed E-state index contributed by atoms with van der Waals surface area (Å²) in [5, 5.41) is 11.3. The van der Waals surface area contributed by atoms with E-state index in [4.69, 9.17) is 4.74 Å². The number of fused-ring (bicyclic) bond motifs is 1. The quantitative estimate of drug-likeness (QED) is 0.455. The highest BCUT2D eigenvalue weighted by Crippen LogP contribution is 2.27. The van der Waals surface area contributed by atoms with Crippen molar-refractivity contribution in [2.75, 3.05) is 11.9 Å². The molecule has 3 aromatic rings. The van der Waals surface area contributed by atoms with Crippen LogP contribution in [0.15, 0.2) is 46.9 Å². The van der Waals surface area contributed by atoms with Crippen LogP contribution in [-0.2, 0) is 17.8 Å². The van der Waals surface area contributed by atoms with Crippen LogP contribution in [0.1, 0.15) is 37.9 Å². The third kappa shape index (κ3) is 5.31. The van der Waals surface area contributed by atoms with Crippen LogP contribution < -0.4 is 10.1 Å². The standard InChI is InChI=1S/C23H24BrFN4O2/c24-17-7-3-4-8-20(17)31-14-6-10-22(30)26-19-15-16(11-12-18(19)25)23-28-27-21-9-2-1-5-13-29(21)23/h3-4,7-8,11-12,15H,1-2,5-6,9-10,13-14H2,(H,26,30). The Hall–Kier alpha value is -2.74. The van der Waals surface area contributed by atoms with Crippen molar-refractivity contribution in [3.63, 3.8) is 0 Å². The molecule has 2 aromatic carbocycles. The zero-order chi connectivity index (χ0) is 21.6. The number of hydrogen-bond acceptors (Lipinski definition) is 4. The number of carbonyl (C=O) groups excluding carboxylic acids is 1. The fourth-order valence-electron chi connectivity index (χ4n) is 3.65. The number of hydrogen-bond donors (Lipinski definition) is 1. The lowest BCUT2D eigenvalue weighted by Crippen LogP contribution is -2.14. The molecule has 1 aliphatic heterocycles. The number of anilines is 1. The van der Waals surface area contributed by atoms with E-state index in [1.54, 1.807) is 12.1 Å². The maximum atomic E-state index is 14.3. The van der Waals surface area contributed by atoms with Crippen LogP contribution in [0.3, 0.4) is 0 Å². The molecule has 0 spiro atoms. The van der Waals surface area contributed by atoms with Crippen LogP contribution in [-0.4, -0.2) is 27.3 Å². The SMILES string of the molecule is O=C(CCCOc1ccccc1Br)Nc1cc(-c2nnc3n2CCCCC3)ccc1F. The molecular formula is C23H24BrFN4O2. The van der Waals surface area contributed by atoms with Gasteiger partial charge in [0.05, 0.1) is 16.8 Å². The highest BCUT2D eigenvalue weighted by Gasteiger charge is 2.17. The van der Waals surface area contributed by atoms with Crippen LogP contribution in [0, 0.1) is 5.82 Å². The second-order valence-corrected chi connectivity index (χ2v) is 8.38. The van der Waals surface area contributed by atoms with E-state index in [-0.39, 0.29) is 18.0 Å². The Morgan fingerprint density at radius 1 is 1.16 bits per heavy atom. The molecule has 1 aromatic heterocycles. The van der Waals surface area contributed by atoms with Gasteiger partial charge in [0.25, 0.3) is 0 Å². The number of nitrogens with one attached hydrogen (secondary N) is 1. The predicted octanol–water partition coefficient (Wildman–Crippen LogP) is 5.37. The summed E-state index contributed by atoms with van der Waals surface area (Å²) in [4.78, 5) is 12.3. The van der Waals surface area contributed by atoms with Gasteiger partial charge >= 0.3 is 0 Å². The van der Waals surface area contributed by atoms with Gasteiger partial charge in [-0.3, -0.25) is 4.79 Å².